The Bertz CT molecular complexity index is 451. The van der Waals surface area contributed by atoms with Crippen molar-refractivity contribution >= 4 is 11.9 Å². The molecule has 0 saturated carbocycles. The quantitative estimate of drug-likeness (QED) is 0.558. The molecule has 150 valence electrons. The minimum atomic E-state index is 0.161. The minimum absolute atomic E-state index is 0.161. The Morgan fingerprint density at radius 1 is 1.15 bits per heavy atom. The van der Waals surface area contributed by atoms with Crippen LogP contribution in [0.2, 0.25) is 0 Å². The van der Waals surface area contributed by atoms with E-state index in [1.54, 1.807) is 7.05 Å². The molecule has 1 atom stereocenters. The first-order chi connectivity index (χ1) is 12.5. The van der Waals surface area contributed by atoms with Gasteiger partial charge in [0.2, 0.25) is 5.91 Å². The summed E-state index contributed by atoms with van der Waals surface area (Å²) in [7, 11) is 1.72. The summed E-state index contributed by atoms with van der Waals surface area (Å²) in [5, 5.41) is 6.20. The summed E-state index contributed by atoms with van der Waals surface area (Å²) < 4.78 is 0. The van der Waals surface area contributed by atoms with Gasteiger partial charge < -0.3 is 15.5 Å². The molecule has 0 spiro atoms. The van der Waals surface area contributed by atoms with Crippen molar-refractivity contribution in [2.75, 3.05) is 46.3 Å². The maximum Gasteiger partial charge on any atom is 0.220 e. The molecule has 2 saturated heterocycles. The number of amides is 1. The number of hydrogen-bond acceptors (Lipinski definition) is 3. The summed E-state index contributed by atoms with van der Waals surface area (Å²) in [6, 6.07) is 0.502. The van der Waals surface area contributed by atoms with Gasteiger partial charge in [-0.3, -0.25) is 14.7 Å². The van der Waals surface area contributed by atoms with Crippen LogP contribution < -0.4 is 10.6 Å². The molecule has 0 bridgehead atoms. The summed E-state index contributed by atoms with van der Waals surface area (Å²) in [4.78, 5) is 21.5. The molecular weight excluding hydrogens is 326 g/mol. The number of nitrogens with zero attached hydrogens (tertiary/aromatic N) is 3. The SMILES string of the molecule is CCNC(=NCC(C)N1CCC(C)CC1)N1CCC(CC(=O)NC)CC1. The van der Waals surface area contributed by atoms with Gasteiger partial charge in [0, 0.05) is 39.1 Å². The Morgan fingerprint density at radius 3 is 2.38 bits per heavy atom. The first-order valence-electron chi connectivity index (χ1n) is 10.5. The largest absolute Gasteiger partial charge is 0.359 e. The van der Waals surface area contributed by atoms with Crippen molar-refractivity contribution in [1.82, 2.24) is 20.4 Å². The van der Waals surface area contributed by atoms with Crippen molar-refractivity contribution in [3.05, 3.63) is 0 Å². The number of aliphatic imine (C=N–C) groups is 1. The predicted octanol–water partition coefficient (Wildman–Crippen LogP) is 1.92. The van der Waals surface area contributed by atoms with E-state index in [-0.39, 0.29) is 5.91 Å². The van der Waals surface area contributed by atoms with Crippen LogP contribution in [0.15, 0.2) is 4.99 Å². The molecule has 6 heteroatoms. The fraction of sp³-hybridized carbons (Fsp3) is 0.900. The first-order valence-corrected chi connectivity index (χ1v) is 10.5. The van der Waals surface area contributed by atoms with Crippen LogP contribution in [0.5, 0.6) is 0 Å². The highest BCUT2D eigenvalue weighted by molar-refractivity contribution is 5.80. The molecule has 1 amide bonds. The van der Waals surface area contributed by atoms with Gasteiger partial charge in [-0.15, -0.1) is 0 Å². The van der Waals surface area contributed by atoms with Crippen LogP contribution in [-0.4, -0.2) is 74.0 Å². The molecule has 2 fully saturated rings. The third-order valence-electron chi connectivity index (χ3n) is 5.95. The van der Waals surface area contributed by atoms with Gasteiger partial charge in [-0.25, -0.2) is 0 Å². The van der Waals surface area contributed by atoms with Gasteiger partial charge in [-0.1, -0.05) is 6.92 Å². The Hall–Kier alpha value is -1.30. The second-order valence-electron chi connectivity index (χ2n) is 8.07. The summed E-state index contributed by atoms with van der Waals surface area (Å²) in [6.45, 7) is 12.9. The van der Waals surface area contributed by atoms with Crippen LogP contribution >= 0.6 is 0 Å². The molecular formula is C20H39N5O. The van der Waals surface area contributed by atoms with Crippen molar-refractivity contribution in [1.29, 1.82) is 0 Å². The molecule has 2 heterocycles. The zero-order chi connectivity index (χ0) is 18.9. The molecule has 2 N–H and O–H groups in total. The molecule has 0 aliphatic carbocycles. The molecule has 1 unspecified atom stereocenters. The van der Waals surface area contributed by atoms with Crippen LogP contribution in [0, 0.1) is 11.8 Å². The fourth-order valence-electron chi connectivity index (χ4n) is 3.94. The molecule has 2 aliphatic rings. The lowest BCUT2D eigenvalue weighted by molar-refractivity contribution is -0.121. The van der Waals surface area contributed by atoms with Gasteiger partial charge in [0.25, 0.3) is 0 Å². The minimum Gasteiger partial charge on any atom is -0.359 e. The van der Waals surface area contributed by atoms with E-state index in [0.29, 0.717) is 18.4 Å². The average Bonchev–Trinajstić information content (AvgIpc) is 2.66. The number of carbonyl (C=O) groups is 1. The Balaban J connectivity index is 1.83. The van der Waals surface area contributed by atoms with E-state index < -0.39 is 0 Å². The van der Waals surface area contributed by atoms with E-state index in [1.165, 1.54) is 25.9 Å². The molecule has 2 rings (SSSR count). The Labute approximate surface area is 159 Å². The zero-order valence-electron chi connectivity index (χ0n) is 17.3. The van der Waals surface area contributed by atoms with Gasteiger partial charge in [-0.2, -0.15) is 0 Å². The normalized spacial score (nSPS) is 22.3. The van der Waals surface area contributed by atoms with Gasteiger partial charge in [-0.05, 0) is 64.5 Å². The molecule has 0 aromatic rings. The van der Waals surface area contributed by atoms with Crippen LogP contribution in [0.25, 0.3) is 0 Å². The van der Waals surface area contributed by atoms with E-state index >= 15 is 0 Å². The lowest BCUT2D eigenvalue weighted by atomic mass is 9.93. The highest BCUT2D eigenvalue weighted by Crippen LogP contribution is 2.21. The molecule has 0 aromatic heterocycles. The van der Waals surface area contributed by atoms with Crippen molar-refractivity contribution in [3.8, 4) is 0 Å². The Kier molecular flexibility index (Phi) is 8.69. The molecule has 6 nitrogen and oxygen atoms in total. The number of piperidine rings is 2. The molecule has 26 heavy (non-hydrogen) atoms. The average molecular weight is 366 g/mol. The summed E-state index contributed by atoms with van der Waals surface area (Å²) in [5.41, 5.74) is 0. The van der Waals surface area contributed by atoms with E-state index in [4.69, 9.17) is 4.99 Å². The maximum atomic E-state index is 11.6. The maximum absolute atomic E-state index is 11.6. The number of rotatable bonds is 6. The fourth-order valence-corrected chi connectivity index (χ4v) is 3.94. The summed E-state index contributed by atoms with van der Waals surface area (Å²) >= 11 is 0. The highest BCUT2D eigenvalue weighted by Gasteiger charge is 2.24. The van der Waals surface area contributed by atoms with Crippen LogP contribution in [-0.2, 0) is 4.79 Å². The molecule has 0 radical (unpaired) electrons. The third-order valence-corrected chi connectivity index (χ3v) is 5.95. The molecule has 0 aromatic carbocycles. The summed E-state index contributed by atoms with van der Waals surface area (Å²) in [5.74, 6) is 2.58. The summed E-state index contributed by atoms with van der Waals surface area (Å²) in [6.07, 6.45) is 5.41. The number of likely N-dealkylation sites (tertiary alicyclic amines) is 2. The number of carbonyl (C=O) groups excluding carboxylic acids is 1. The van der Waals surface area contributed by atoms with Gasteiger partial charge in [0.05, 0.1) is 6.54 Å². The van der Waals surface area contributed by atoms with E-state index in [0.717, 1.165) is 50.9 Å². The number of hydrogen-bond donors (Lipinski definition) is 2. The lowest BCUT2D eigenvalue weighted by Crippen LogP contribution is -2.47. The number of nitrogens with one attached hydrogen (secondary N) is 2. The standard InChI is InChI=1S/C20H39N5O/c1-5-22-20(23-15-17(3)24-10-6-16(2)7-11-24)25-12-8-18(9-13-25)14-19(26)21-4/h16-18H,5-15H2,1-4H3,(H,21,26)(H,22,23). The van der Waals surface area contributed by atoms with Crippen LogP contribution in [0.1, 0.15) is 52.9 Å². The second kappa shape index (κ2) is 10.8. The topological polar surface area (TPSA) is 60.0 Å². The van der Waals surface area contributed by atoms with Crippen molar-refractivity contribution in [3.63, 3.8) is 0 Å². The third kappa shape index (κ3) is 6.45. The van der Waals surface area contributed by atoms with Crippen molar-refractivity contribution < 1.29 is 4.79 Å². The van der Waals surface area contributed by atoms with Gasteiger partial charge >= 0.3 is 0 Å². The van der Waals surface area contributed by atoms with Crippen molar-refractivity contribution in [2.45, 2.75) is 58.9 Å². The first kappa shape index (κ1) is 21.0. The smallest absolute Gasteiger partial charge is 0.220 e. The van der Waals surface area contributed by atoms with Gasteiger partial charge in [0.15, 0.2) is 5.96 Å². The predicted molar refractivity (Wildman–Crippen MR) is 108 cm³/mol. The second-order valence-corrected chi connectivity index (χ2v) is 8.07. The van der Waals surface area contributed by atoms with Crippen LogP contribution in [0.3, 0.4) is 0 Å². The highest BCUT2D eigenvalue weighted by atomic mass is 16.1. The van der Waals surface area contributed by atoms with Crippen molar-refractivity contribution in [2.24, 2.45) is 16.8 Å². The van der Waals surface area contributed by atoms with E-state index in [1.807, 2.05) is 0 Å². The van der Waals surface area contributed by atoms with Gasteiger partial charge in [0.1, 0.15) is 0 Å². The lowest BCUT2D eigenvalue weighted by Gasteiger charge is -2.36. The van der Waals surface area contributed by atoms with E-state index in [9.17, 15) is 4.79 Å². The Morgan fingerprint density at radius 2 is 1.81 bits per heavy atom. The monoisotopic (exact) mass is 365 g/mol. The van der Waals surface area contributed by atoms with E-state index in [2.05, 4.69) is 41.2 Å². The zero-order valence-corrected chi connectivity index (χ0v) is 17.3. The molecule has 2 aliphatic heterocycles. The van der Waals surface area contributed by atoms with Crippen LogP contribution in [0.4, 0.5) is 0 Å². The number of guanidine groups is 1.